The van der Waals surface area contributed by atoms with Crippen LogP contribution in [0, 0.1) is 0 Å². The van der Waals surface area contributed by atoms with Gasteiger partial charge in [0.25, 0.3) is 0 Å². The summed E-state index contributed by atoms with van der Waals surface area (Å²) in [7, 11) is 2.03. The van der Waals surface area contributed by atoms with Gasteiger partial charge in [0.2, 0.25) is 0 Å². The number of nitrogens with zero attached hydrogens (tertiary/aromatic N) is 1. The fourth-order valence-corrected chi connectivity index (χ4v) is 2.36. The summed E-state index contributed by atoms with van der Waals surface area (Å²) >= 11 is 0. The Hall–Kier alpha value is -1.84. The number of hydrogen-bond donors (Lipinski definition) is 2. The van der Waals surface area contributed by atoms with E-state index in [-0.39, 0.29) is 0 Å². The first kappa shape index (κ1) is 15.5. The van der Waals surface area contributed by atoms with Gasteiger partial charge in [0.05, 0.1) is 6.10 Å². The lowest BCUT2D eigenvalue weighted by molar-refractivity contribution is 0.108. The number of benzene rings is 2. The molecule has 0 radical (unpaired) electrons. The highest BCUT2D eigenvalue weighted by atomic mass is 16.3. The molecule has 0 aliphatic carbocycles. The second-order valence-electron chi connectivity index (χ2n) is 5.59. The number of aromatic hydroxyl groups is 1. The third-order valence-corrected chi connectivity index (χ3v) is 3.87. The van der Waals surface area contributed by atoms with Crippen molar-refractivity contribution in [2.75, 3.05) is 13.6 Å². The van der Waals surface area contributed by atoms with E-state index in [9.17, 15) is 10.2 Å². The molecule has 1 unspecified atom stereocenters. The number of aliphatic hydroxyl groups excluding tert-OH is 1. The number of likely N-dealkylation sites (N-methyl/N-ethyl adjacent to an activating group) is 1. The summed E-state index contributed by atoms with van der Waals surface area (Å²) < 4.78 is 0. The molecule has 3 nitrogen and oxygen atoms in total. The fourth-order valence-electron chi connectivity index (χ4n) is 2.36. The van der Waals surface area contributed by atoms with Crippen molar-refractivity contribution in [3.05, 3.63) is 65.7 Å². The van der Waals surface area contributed by atoms with E-state index in [4.69, 9.17) is 0 Å². The molecule has 2 N–H and O–H groups in total. The summed E-state index contributed by atoms with van der Waals surface area (Å²) in [5.74, 6) is 0.291. The molecule has 112 valence electrons. The standard InChI is InChI=1S/C18H23NO2/c1-14(12-15-8-10-17(20)11-9-15)19(2)13-18(21)16-6-4-3-5-7-16/h3-11,14,18,20-21H,12-13H2,1-2H3/t14?,18-/m1/s1. The van der Waals surface area contributed by atoms with Crippen molar-refractivity contribution >= 4 is 0 Å². The average Bonchev–Trinajstić information content (AvgIpc) is 2.50. The maximum absolute atomic E-state index is 10.3. The topological polar surface area (TPSA) is 43.7 Å². The normalized spacial score (nSPS) is 14.1. The third-order valence-electron chi connectivity index (χ3n) is 3.87. The van der Waals surface area contributed by atoms with E-state index >= 15 is 0 Å². The molecule has 0 saturated carbocycles. The van der Waals surface area contributed by atoms with E-state index < -0.39 is 6.10 Å². The first-order valence-electron chi connectivity index (χ1n) is 7.27. The summed E-state index contributed by atoms with van der Waals surface area (Å²) in [6.07, 6.45) is 0.414. The van der Waals surface area contributed by atoms with Gasteiger partial charge >= 0.3 is 0 Å². The lowest BCUT2D eigenvalue weighted by Gasteiger charge is -2.27. The van der Waals surface area contributed by atoms with Crippen LogP contribution in [0.5, 0.6) is 5.75 Å². The maximum Gasteiger partial charge on any atom is 0.115 e. The molecule has 0 amide bonds. The Morgan fingerprint density at radius 2 is 1.62 bits per heavy atom. The van der Waals surface area contributed by atoms with Gasteiger partial charge in [-0.05, 0) is 43.7 Å². The van der Waals surface area contributed by atoms with E-state index in [2.05, 4.69) is 11.8 Å². The van der Waals surface area contributed by atoms with Gasteiger partial charge in [-0.25, -0.2) is 0 Å². The Kier molecular flexibility index (Phi) is 5.37. The fraction of sp³-hybridized carbons (Fsp3) is 0.333. The molecule has 2 rings (SSSR count). The van der Waals surface area contributed by atoms with E-state index in [0.717, 1.165) is 12.0 Å². The Morgan fingerprint density at radius 3 is 2.24 bits per heavy atom. The van der Waals surface area contributed by atoms with E-state index in [0.29, 0.717) is 18.3 Å². The zero-order chi connectivity index (χ0) is 15.2. The number of rotatable bonds is 6. The van der Waals surface area contributed by atoms with Crippen molar-refractivity contribution in [1.82, 2.24) is 4.90 Å². The van der Waals surface area contributed by atoms with Crippen LogP contribution in [0.1, 0.15) is 24.2 Å². The van der Waals surface area contributed by atoms with Crippen molar-refractivity contribution in [2.45, 2.75) is 25.5 Å². The zero-order valence-corrected chi connectivity index (χ0v) is 12.6. The van der Waals surface area contributed by atoms with E-state index in [1.807, 2.05) is 49.5 Å². The molecule has 0 aliphatic heterocycles. The van der Waals surface area contributed by atoms with Crippen LogP contribution in [0.15, 0.2) is 54.6 Å². The van der Waals surface area contributed by atoms with Crippen molar-refractivity contribution in [2.24, 2.45) is 0 Å². The highest BCUT2D eigenvalue weighted by Gasteiger charge is 2.15. The van der Waals surface area contributed by atoms with Gasteiger partial charge in [0.1, 0.15) is 5.75 Å². The minimum Gasteiger partial charge on any atom is -0.508 e. The molecule has 0 spiro atoms. The predicted molar refractivity (Wildman–Crippen MR) is 85.3 cm³/mol. The van der Waals surface area contributed by atoms with Crippen molar-refractivity contribution in [3.8, 4) is 5.75 Å². The number of aliphatic hydroxyl groups is 1. The van der Waals surface area contributed by atoms with Crippen LogP contribution in [0.2, 0.25) is 0 Å². The van der Waals surface area contributed by atoms with Gasteiger partial charge in [-0.3, -0.25) is 0 Å². The zero-order valence-electron chi connectivity index (χ0n) is 12.6. The molecule has 2 aromatic carbocycles. The van der Waals surface area contributed by atoms with Crippen molar-refractivity contribution in [1.29, 1.82) is 0 Å². The van der Waals surface area contributed by atoms with Crippen molar-refractivity contribution in [3.63, 3.8) is 0 Å². The molecular formula is C18H23NO2. The molecular weight excluding hydrogens is 262 g/mol. The molecule has 21 heavy (non-hydrogen) atoms. The quantitative estimate of drug-likeness (QED) is 0.857. The van der Waals surface area contributed by atoms with Crippen LogP contribution in [0.4, 0.5) is 0 Å². The van der Waals surface area contributed by atoms with Crippen LogP contribution < -0.4 is 0 Å². The van der Waals surface area contributed by atoms with Gasteiger partial charge in [-0.15, -0.1) is 0 Å². The van der Waals surface area contributed by atoms with Gasteiger partial charge < -0.3 is 15.1 Å². The highest BCUT2D eigenvalue weighted by Crippen LogP contribution is 2.17. The summed E-state index contributed by atoms with van der Waals surface area (Å²) in [6.45, 7) is 2.74. The Morgan fingerprint density at radius 1 is 1.00 bits per heavy atom. The molecule has 0 bridgehead atoms. The lowest BCUT2D eigenvalue weighted by Crippen LogP contribution is -2.34. The third kappa shape index (κ3) is 4.59. The summed E-state index contributed by atoms with van der Waals surface area (Å²) in [5.41, 5.74) is 2.13. The van der Waals surface area contributed by atoms with Gasteiger partial charge in [0, 0.05) is 12.6 Å². The lowest BCUT2D eigenvalue weighted by atomic mass is 10.0. The second kappa shape index (κ2) is 7.25. The molecule has 2 atom stereocenters. The molecule has 0 saturated heterocycles. The minimum absolute atomic E-state index is 0.291. The van der Waals surface area contributed by atoms with E-state index in [1.54, 1.807) is 12.1 Å². The van der Waals surface area contributed by atoms with Gasteiger partial charge in [-0.2, -0.15) is 0 Å². The molecule has 3 heteroatoms. The van der Waals surface area contributed by atoms with Crippen LogP contribution in [-0.4, -0.2) is 34.7 Å². The number of phenols is 1. The maximum atomic E-state index is 10.3. The molecule has 0 aliphatic rings. The second-order valence-corrected chi connectivity index (χ2v) is 5.59. The van der Waals surface area contributed by atoms with Crippen LogP contribution in [0.3, 0.4) is 0 Å². The Bertz CT molecular complexity index is 539. The average molecular weight is 285 g/mol. The molecule has 0 heterocycles. The van der Waals surface area contributed by atoms with Gasteiger partial charge in [0.15, 0.2) is 0 Å². The molecule has 0 aromatic heterocycles. The summed E-state index contributed by atoms with van der Waals surface area (Å²) in [5, 5.41) is 19.6. The van der Waals surface area contributed by atoms with Crippen LogP contribution >= 0.6 is 0 Å². The smallest absolute Gasteiger partial charge is 0.115 e. The molecule has 2 aromatic rings. The van der Waals surface area contributed by atoms with Crippen molar-refractivity contribution < 1.29 is 10.2 Å². The largest absolute Gasteiger partial charge is 0.508 e. The van der Waals surface area contributed by atoms with Gasteiger partial charge in [-0.1, -0.05) is 42.5 Å². The SMILES string of the molecule is CC(Cc1ccc(O)cc1)N(C)C[C@@H](O)c1ccccc1. The summed E-state index contributed by atoms with van der Waals surface area (Å²) in [4.78, 5) is 2.16. The number of hydrogen-bond acceptors (Lipinski definition) is 3. The Balaban J connectivity index is 1.90. The number of phenolic OH excluding ortho intramolecular Hbond substituents is 1. The Labute approximate surface area is 126 Å². The van der Waals surface area contributed by atoms with Crippen LogP contribution in [-0.2, 0) is 6.42 Å². The predicted octanol–water partition coefficient (Wildman–Crippen LogP) is 2.99. The molecule has 0 fully saturated rings. The van der Waals surface area contributed by atoms with E-state index in [1.165, 1.54) is 5.56 Å². The van der Waals surface area contributed by atoms with Crippen LogP contribution in [0.25, 0.3) is 0 Å². The monoisotopic (exact) mass is 285 g/mol. The highest BCUT2D eigenvalue weighted by molar-refractivity contribution is 5.26. The summed E-state index contributed by atoms with van der Waals surface area (Å²) in [6, 6.07) is 17.3. The first-order valence-corrected chi connectivity index (χ1v) is 7.27. The first-order chi connectivity index (χ1) is 10.1. The minimum atomic E-state index is -0.474.